The van der Waals surface area contributed by atoms with Gasteiger partial charge in [-0.25, -0.2) is 0 Å². The summed E-state index contributed by atoms with van der Waals surface area (Å²) in [6, 6.07) is 17.7. The summed E-state index contributed by atoms with van der Waals surface area (Å²) in [5.41, 5.74) is 8.15. The van der Waals surface area contributed by atoms with Crippen molar-refractivity contribution in [2.45, 2.75) is 12.8 Å². The fourth-order valence-corrected chi connectivity index (χ4v) is 3.01. The van der Waals surface area contributed by atoms with Gasteiger partial charge in [-0.3, -0.25) is 9.59 Å². The van der Waals surface area contributed by atoms with Gasteiger partial charge in [0.1, 0.15) is 0 Å². The third-order valence-electron chi connectivity index (χ3n) is 4.40. The number of benzene rings is 2. The molecule has 23 heavy (non-hydrogen) atoms. The molecule has 4 nitrogen and oxygen atoms in total. The molecule has 3 rings (SSSR count). The molecule has 2 amide bonds. The monoisotopic (exact) mass is 308 g/mol. The Morgan fingerprint density at radius 3 is 2.22 bits per heavy atom. The van der Waals surface area contributed by atoms with Crippen LogP contribution in [0.5, 0.6) is 0 Å². The Balaban J connectivity index is 1.75. The minimum absolute atomic E-state index is 0.0192. The van der Waals surface area contributed by atoms with Crippen molar-refractivity contribution < 1.29 is 9.59 Å². The molecule has 0 bridgehead atoms. The van der Waals surface area contributed by atoms with Gasteiger partial charge in [0.05, 0.1) is 0 Å². The zero-order valence-electron chi connectivity index (χ0n) is 12.9. The van der Waals surface area contributed by atoms with Gasteiger partial charge in [0, 0.05) is 24.6 Å². The van der Waals surface area contributed by atoms with Crippen LogP contribution in [0.25, 0.3) is 11.1 Å². The van der Waals surface area contributed by atoms with E-state index in [1.165, 1.54) is 0 Å². The third-order valence-corrected chi connectivity index (χ3v) is 4.40. The zero-order chi connectivity index (χ0) is 16.2. The topological polar surface area (TPSA) is 63.4 Å². The van der Waals surface area contributed by atoms with E-state index >= 15 is 0 Å². The van der Waals surface area contributed by atoms with Crippen LogP contribution < -0.4 is 5.73 Å². The maximum Gasteiger partial charge on any atom is 0.253 e. The summed E-state index contributed by atoms with van der Waals surface area (Å²) in [4.78, 5) is 25.7. The predicted octanol–water partition coefficient (Wildman–Crippen LogP) is 2.69. The van der Waals surface area contributed by atoms with E-state index in [-0.39, 0.29) is 17.7 Å². The van der Waals surface area contributed by atoms with E-state index in [0.717, 1.165) is 11.1 Å². The lowest BCUT2D eigenvalue weighted by molar-refractivity contribution is -0.123. The lowest BCUT2D eigenvalue weighted by Gasteiger charge is -2.30. The van der Waals surface area contributed by atoms with Crippen LogP contribution in [0.15, 0.2) is 54.6 Å². The number of carbonyl (C=O) groups is 2. The second-order valence-corrected chi connectivity index (χ2v) is 5.92. The van der Waals surface area contributed by atoms with Crippen molar-refractivity contribution in [3.63, 3.8) is 0 Å². The molecule has 0 unspecified atom stereocenters. The maximum atomic E-state index is 12.7. The fourth-order valence-electron chi connectivity index (χ4n) is 3.01. The highest BCUT2D eigenvalue weighted by Gasteiger charge is 2.26. The Kier molecular flexibility index (Phi) is 4.42. The predicted molar refractivity (Wildman–Crippen MR) is 89.7 cm³/mol. The Hall–Kier alpha value is -2.62. The van der Waals surface area contributed by atoms with Crippen LogP contribution in [-0.2, 0) is 4.79 Å². The molecule has 0 radical (unpaired) electrons. The smallest absolute Gasteiger partial charge is 0.253 e. The summed E-state index contributed by atoms with van der Waals surface area (Å²) in [6.07, 6.45) is 1.30. The number of hydrogen-bond acceptors (Lipinski definition) is 2. The second kappa shape index (κ2) is 6.65. The summed E-state index contributed by atoms with van der Waals surface area (Å²) in [5.74, 6) is -0.344. The SMILES string of the molecule is NC(=O)C1CCN(C(=O)c2cccc(-c3ccccc3)c2)CC1. The van der Waals surface area contributed by atoms with Crippen molar-refractivity contribution in [2.24, 2.45) is 11.7 Å². The molecule has 1 aliphatic rings. The van der Waals surface area contributed by atoms with Gasteiger partial charge in [-0.05, 0) is 36.1 Å². The first kappa shape index (κ1) is 15.3. The van der Waals surface area contributed by atoms with Gasteiger partial charge < -0.3 is 10.6 Å². The van der Waals surface area contributed by atoms with E-state index in [1.54, 1.807) is 0 Å². The molecule has 0 spiro atoms. The number of amides is 2. The highest BCUT2D eigenvalue weighted by Crippen LogP contribution is 2.23. The quantitative estimate of drug-likeness (QED) is 0.947. The van der Waals surface area contributed by atoms with E-state index in [9.17, 15) is 9.59 Å². The van der Waals surface area contributed by atoms with Crippen molar-refractivity contribution in [3.05, 3.63) is 60.2 Å². The molecule has 1 fully saturated rings. The highest BCUT2D eigenvalue weighted by molar-refractivity contribution is 5.95. The van der Waals surface area contributed by atoms with Crippen LogP contribution in [0, 0.1) is 5.92 Å². The molecular formula is C19H20N2O2. The van der Waals surface area contributed by atoms with Crippen molar-refractivity contribution in [1.29, 1.82) is 0 Å². The molecule has 0 atom stereocenters. The number of primary amides is 1. The standard InChI is InChI=1S/C19H20N2O2/c20-18(22)15-9-11-21(12-10-15)19(23)17-8-4-7-16(13-17)14-5-2-1-3-6-14/h1-8,13,15H,9-12H2,(H2,20,22). The average molecular weight is 308 g/mol. The molecule has 2 N–H and O–H groups in total. The summed E-state index contributed by atoms with van der Waals surface area (Å²) in [5, 5.41) is 0. The van der Waals surface area contributed by atoms with Gasteiger partial charge in [0.2, 0.25) is 5.91 Å². The molecule has 2 aromatic rings. The number of nitrogens with two attached hydrogens (primary N) is 1. The van der Waals surface area contributed by atoms with E-state index < -0.39 is 0 Å². The molecule has 0 saturated carbocycles. The number of piperidine rings is 1. The van der Waals surface area contributed by atoms with Crippen molar-refractivity contribution in [1.82, 2.24) is 4.90 Å². The van der Waals surface area contributed by atoms with Gasteiger partial charge in [-0.2, -0.15) is 0 Å². The molecule has 4 heteroatoms. The van der Waals surface area contributed by atoms with E-state index in [2.05, 4.69) is 0 Å². The zero-order valence-corrected chi connectivity index (χ0v) is 12.9. The van der Waals surface area contributed by atoms with Crippen LogP contribution in [0.3, 0.4) is 0 Å². The number of nitrogens with zero attached hydrogens (tertiary/aromatic N) is 1. The first-order valence-electron chi connectivity index (χ1n) is 7.89. The van der Waals surface area contributed by atoms with Crippen molar-refractivity contribution in [3.8, 4) is 11.1 Å². The van der Waals surface area contributed by atoms with Gasteiger partial charge in [-0.15, -0.1) is 0 Å². The normalized spacial score (nSPS) is 15.4. The minimum Gasteiger partial charge on any atom is -0.369 e. The molecule has 2 aromatic carbocycles. The van der Waals surface area contributed by atoms with Crippen LogP contribution in [0.1, 0.15) is 23.2 Å². The van der Waals surface area contributed by atoms with Gasteiger partial charge in [0.15, 0.2) is 0 Å². The van der Waals surface area contributed by atoms with Crippen LogP contribution in [0.2, 0.25) is 0 Å². The largest absolute Gasteiger partial charge is 0.369 e. The number of carbonyl (C=O) groups excluding carboxylic acids is 2. The summed E-state index contributed by atoms with van der Waals surface area (Å²) in [7, 11) is 0. The Labute approximate surface area is 135 Å². The maximum absolute atomic E-state index is 12.7. The molecule has 0 aromatic heterocycles. The molecule has 118 valence electrons. The molecule has 0 aliphatic carbocycles. The summed E-state index contributed by atoms with van der Waals surface area (Å²) < 4.78 is 0. The van der Waals surface area contributed by atoms with E-state index in [4.69, 9.17) is 5.73 Å². The molecule has 1 saturated heterocycles. The van der Waals surface area contributed by atoms with Crippen molar-refractivity contribution >= 4 is 11.8 Å². The lowest BCUT2D eigenvalue weighted by atomic mass is 9.95. The number of likely N-dealkylation sites (tertiary alicyclic amines) is 1. The van der Waals surface area contributed by atoms with E-state index in [0.29, 0.717) is 31.5 Å². The minimum atomic E-state index is -0.261. The van der Waals surface area contributed by atoms with Crippen molar-refractivity contribution in [2.75, 3.05) is 13.1 Å². The average Bonchev–Trinajstić information content (AvgIpc) is 2.62. The Bertz CT molecular complexity index is 704. The number of rotatable bonds is 3. The van der Waals surface area contributed by atoms with Gasteiger partial charge in [0.25, 0.3) is 5.91 Å². The van der Waals surface area contributed by atoms with Crippen LogP contribution in [-0.4, -0.2) is 29.8 Å². The molecule has 1 heterocycles. The first-order chi connectivity index (χ1) is 11.1. The highest BCUT2D eigenvalue weighted by atomic mass is 16.2. The second-order valence-electron chi connectivity index (χ2n) is 5.92. The summed E-state index contributed by atoms with van der Waals surface area (Å²) >= 11 is 0. The third kappa shape index (κ3) is 3.42. The fraction of sp³-hybridized carbons (Fsp3) is 0.263. The van der Waals surface area contributed by atoms with Crippen LogP contribution in [0.4, 0.5) is 0 Å². The van der Waals surface area contributed by atoms with Gasteiger partial charge in [-0.1, -0.05) is 42.5 Å². The number of hydrogen-bond donors (Lipinski definition) is 1. The van der Waals surface area contributed by atoms with E-state index in [1.807, 2.05) is 59.5 Å². The summed E-state index contributed by atoms with van der Waals surface area (Å²) in [6.45, 7) is 1.17. The van der Waals surface area contributed by atoms with Crippen LogP contribution >= 0.6 is 0 Å². The Morgan fingerprint density at radius 1 is 0.913 bits per heavy atom. The lowest BCUT2D eigenvalue weighted by Crippen LogP contribution is -2.41. The van der Waals surface area contributed by atoms with Gasteiger partial charge >= 0.3 is 0 Å². The molecule has 1 aliphatic heterocycles. The molecular weight excluding hydrogens is 288 g/mol. The Morgan fingerprint density at radius 2 is 1.57 bits per heavy atom. The first-order valence-corrected chi connectivity index (χ1v) is 7.89.